The van der Waals surface area contributed by atoms with Gasteiger partial charge in [-0.2, -0.15) is 0 Å². The summed E-state index contributed by atoms with van der Waals surface area (Å²) in [7, 11) is 0. The number of amides is 1. The number of benzene rings is 2. The van der Waals surface area contributed by atoms with Crippen LogP contribution in [0.1, 0.15) is 15.9 Å². The van der Waals surface area contributed by atoms with E-state index in [1.807, 2.05) is 0 Å². The molecule has 0 aliphatic heterocycles. The third-order valence-corrected chi connectivity index (χ3v) is 3.72. The number of carbonyl (C=O) groups excluding carboxylic acids is 2. The fraction of sp³-hybridized carbons (Fsp3) is 0.125. The smallest absolute Gasteiger partial charge is 0.338 e. The second-order valence-corrected chi connectivity index (χ2v) is 5.71. The first-order chi connectivity index (χ1) is 12.7. The topological polar surface area (TPSA) is 142 Å². The lowest BCUT2D eigenvalue weighted by Gasteiger charge is -2.07. The highest BCUT2D eigenvalue weighted by Crippen LogP contribution is 2.27. The van der Waals surface area contributed by atoms with Crippen molar-refractivity contribution < 1.29 is 24.2 Å². The Morgan fingerprint density at radius 3 is 2.37 bits per heavy atom. The van der Waals surface area contributed by atoms with Crippen LogP contribution in [0, 0.1) is 27.2 Å². The van der Waals surface area contributed by atoms with Crippen LogP contribution >= 0.6 is 11.6 Å². The molecule has 1 amide bonds. The normalized spacial score (nSPS) is 10.1. The summed E-state index contributed by atoms with van der Waals surface area (Å²) in [6.45, 7) is 0.836. The lowest BCUT2D eigenvalue weighted by atomic mass is 10.1. The summed E-state index contributed by atoms with van der Waals surface area (Å²) >= 11 is 5.67. The largest absolute Gasteiger partial charge is 0.452 e. The van der Waals surface area contributed by atoms with Crippen LogP contribution in [0.3, 0.4) is 0 Å². The minimum absolute atomic E-state index is 0.0813. The average molecular weight is 394 g/mol. The van der Waals surface area contributed by atoms with Crippen LogP contribution in [-0.2, 0) is 9.53 Å². The van der Waals surface area contributed by atoms with Crippen molar-refractivity contribution in [2.75, 3.05) is 11.9 Å². The number of halogens is 1. The maximum atomic E-state index is 11.9. The molecule has 0 radical (unpaired) electrons. The number of hydrogen-bond donors (Lipinski definition) is 1. The number of carbonyl (C=O) groups is 2. The third-order valence-electron chi connectivity index (χ3n) is 3.40. The zero-order valence-electron chi connectivity index (χ0n) is 13.8. The van der Waals surface area contributed by atoms with Crippen molar-refractivity contribution >= 4 is 40.5 Å². The van der Waals surface area contributed by atoms with Crippen molar-refractivity contribution in [3.05, 3.63) is 72.8 Å². The van der Waals surface area contributed by atoms with E-state index in [9.17, 15) is 29.8 Å². The molecule has 0 saturated heterocycles. The minimum atomic E-state index is -0.921. The zero-order valence-corrected chi connectivity index (χ0v) is 14.6. The van der Waals surface area contributed by atoms with Gasteiger partial charge in [0.25, 0.3) is 17.3 Å². The number of esters is 1. The molecule has 0 saturated carbocycles. The number of nitro groups is 2. The minimum Gasteiger partial charge on any atom is -0.452 e. The number of rotatable bonds is 6. The Morgan fingerprint density at radius 1 is 1.07 bits per heavy atom. The van der Waals surface area contributed by atoms with Crippen LogP contribution in [0.2, 0.25) is 5.02 Å². The van der Waals surface area contributed by atoms with E-state index in [1.165, 1.54) is 31.2 Å². The summed E-state index contributed by atoms with van der Waals surface area (Å²) in [5.41, 5.74) is -0.250. The van der Waals surface area contributed by atoms with E-state index in [-0.39, 0.29) is 22.0 Å². The molecule has 11 heteroatoms. The van der Waals surface area contributed by atoms with Crippen LogP contribution in [0.15, 0.2) is 36.4 Å². The Labute approximate surface area is 157 Å². The fourth-order valence-corrected chi connectivity index (χ4v) is 2.26. The van der Waals surface area contributed by atoms with Crippen molar-refractivity contribution in [2.45, 2.75) is 6.92 Å². The highest BCUT2D eigenvalue weighted by molar-refractivity contribution is 6.32. The third kappa shape index (κ3) is 4.98. The summed E-state index contributed by atoms with van der Waals surface area (Å²) in [6, 6.07) is 7.43. The molecule has 0 atom stereocenters. The molecule has 2 aromatic carbocycles. The number of hydrogen-bond acceptors (Lipinski definition) is 7. The number of anilines is 1. The van der Waals surface area contributed by atoms with Crippen molar-refractivity contribution in [1.82, 2.24) is 0 Å². The second kappa shape index (κ2) is 8.23. The molecule has 10 nitrogen and oxygen atoms in total. The van der Waals surface area contributed by atoms with Gasteiger partial charge in [-0.1, -0.05) is 17.7 Å². The first kappa shape index (κ1) is 19.8. The van der Waals surface area contributed by atoms with Gasteiger partial charge in [-0.05, 0) is 25.1 Å². The van der Waals surface area contributed by atoms with Gasteiger partial charge in [0.15, 0.2) is 6.61 Å². The van der Waals surface area contributed by atoms with Crippen LogP contribution < -0.4 is 5.32 Å². The number of nitrogens with one attached hydrogen (secondary N) is 1. The lowest BCUT2D eigenvalue weighted by molar-refractivity contribution is -0.385. The zero-order chi connectivity index (χ0) is 20.1. The summed E-state index contributed by atoms with van der Waals surface area (Å²) in [4.78, 5) is 44.2. The van der Waals surface area contributed by atoms with Crippen LogP contribution in [0.5, 0.6) is 0 Å². The Hall–Kier alpha value is -3.53. The van der Waals surface area contributed by atoms with E-state index in [4.69, 9.17) is 16.3 Å². The molecule has 0 bridgehead atoms. The molecule has 0 unspecified atom stereocenters. The predicted molar refractivity (Wildman–Crippen MR) is 94.9 cm³/mol. The molecule has 1 N–H and O–H groups in total. The maximum Gasteiger partial charge on any atom is 0.338 e. The molecule has 0 aromatic heterocycles. The van der Waals surface area contributed by atoms with E-state index in [2.05, 4.69) is 5.32 Å². The maximum absolute atomic E-state index is 11.9. The number of nitrogens with zero attached hydrogens (tertiary/aromatic N) is 2. The second-order valence-electron chi connectivity index (χ2n) is 5.31. The van der Waals surface area contributed by atoms with Gasteiger partial charge in [-0.3, -0.25) is 25.0 Å². The standard InChI is InChI=1S/C16H12ClN3O7/c1-9-2-3-10(6-13(9)19(23)24)16(22)27-8-15(21)18-11-4-5-12(17)14(7-11)20(25)26/h2-7H,8H2,1H3,(H,18,21). The summed E-state index contributed by atoms with van der Waals surface area (Å²) in [5, 5.41) is 23.9. The van der Waals surface area contributed by atoms with E-state index < -0.39 is 34.0 Å². The summed E-state index contributed by atoms with van der Waals surface area (Å²) < 4.78 is 4.80. The summed E-state index contributed by atoms with van der Waals surface area (Å²) in [5.74, 6) is -1.67. The highest BCUT2D eigenvalue weighted by atomic mass is 35.5. The molecule has 0 fully saturated rings. The van der Waals surface area contributed by atoms with Gasteiger partial charge in [0, 0.05) is 23.4 Å². The molecule has 27 heavy (non-hydrogen) atoms. The van der Waals surface area contributed by atoms with Crippen molar-refractivity contribution in [3.8, 4) is 0 Å². The Balaban J connectivity index is 2.00. The summed E-state index contributed by atoms with van der Waals surface area (Å²) in [6.07, 6.45) is 0. The number of nitro benzene ring substituents is 2. The fourth-order valence-electron chi connectivity index (χ4n) is 2.07. The molecular formula is C16H12ClN3O7. The Bertz CT molecular complexity index is 946. The molecule has 0 aliphatic rings. The van der Waals surface area contributed by atoms with Crippen LogP contribution in [-0.4, -0.2) is 28.3 Å². The van der Waals surface area contributed by atoms with Crippen LogP contribution in [0.4, 0.5) is 17.1 Å². The van der Waals surface area contributed by atoms with Crippen molar-refractivity contribution in [3.63, 3.8) is 0 Å². The van der Waals surface area contributed by atoms with E-state index >= 15 is 0 Å². The average Bonchev–Trinajstić information content (AvgIpc) is 2.61. The predicted octanol–water partition coefficient (Wildman–Crippen LogP) is 3.26. The quantitative estimate of drug-likeness (QED) is 0.450. The van der Waals surface area contributed by atoms with E-state index in [0.717, 1.165) is 12.1 Å². The van der Waals surface area contributed by atoms with Crippen molar-refractivity contribution in [2.24, 2.45) is 0 Å². The molecule has 0 heterocycles. The first-order valence-electron chi connectivity index (χ1n) is 7.35. The Morgan fingerprint density at radius 2 is 1.74 bits per heavy atom. The number of aryl methyl sites for hydroxylation is 1. The van der Waals surface area contributed by atoms with Crippen molar-refractivity contribution in [1.29, 1.82) is 0 Å². The SMILES string of the molecule is Cc1ccc(C(=O)OCC(=O)Nc2ccc(Cl)c([N+](=O)[O-])c2)cc1[N+](=O)[O-]. The molecule has 0 spiro atoms. The molecule has 0 aliphatic carbocycles. The van der Waals surface area contributed by atoms with Crippen LogP contribution in [0.25, 0.3) is 0 Å². The van der Waals surface area contributed by atoms with Gasteiger partial charge >= 0.3 is 5.97 Å². The molecule has 2 aromatic rings. The molecule has 140 valence electrons. The number of ether oxygens (including phenoxy) is 1. The monoisotopic (exact) mass is 393 g/mol. The lowest BCUT2D eigenvalue weighted by Crippen LogP contribution is -2.21. The van der Waals surface area contributed by atoms with Gasteiger partial charge < -0.3 is 10.1 Å². The first-order valence-corrected chi connectivity index (χ1v) is 7.73. The van der Waals surface area contributed by atoms with Gasteiger partial charge in [-0.25, -0.2) is 4.79 Å². The van der Waals surface area contributed by atoms with Gasteiger partial charge in [0.05, 0.1) is 15.4 Å². The van der Waals surface area contributed by atoms with Gasteiger partial charge in [0.1, 0.15) is 5.02 Å². The highest BCUT2D eigenvalue weighted by Gasteiger charge is 2.18. The molecule has 2 rings (SSSR count). The molecular weight excluding hydrogens is 382 g/mol. The van der Waals surface area contributed by atoms with E-state index in [1.54, 1.807) is 0 Å². The Kier molecular flexibility index (Phi) is 6.03. The van der Waals surface area contributed by atoms with Gasteiger partial charge in [-0.15, -0.1) is 0 Å². The van der Waals surface area contributed by atoms with Gasteiger partial charge in [0.2, 0.25) is 0 Å². The van der Waals surface area contributed by atoms with E-state index in [0.29, 0.717) is 5.56 Å².